The van der Waals surface area contributed by atoms with Gasteiger partial charge in [0, 0.05) is 12.1 Å². The fourth-order valence-corrected chi connectivity index (χ4v) is 2.89. The normalized spacial score (nSPS) is 11.3. The van der Waals surface area contributed by atoms with E-state index in [1.54, 1.807) is 24.3 Å². The molecule has 0 unspecified atom stereocenters. The minimum atomic E-state index is -3.67. The number of rotatable bonds is 6. The molecule has 0 aliphatic carbocycles. The van der Waals surface area contributed by atoms with Gasteiger partial charge in [0.05, 0.1) is 14.9 Å². The second-order valence-corrected chi connectivity index (χ2v) is 7.55. The Morgan fingerprint density at radius 2 is 1.71 bits per heavy atom. The fraction of sp³-hybridized carbons (Fsp3) is 0.188. The lowest BCUT2D eigenvalue weighted by molar-refractivity contribution is 0.0953. The third kappa shape index (κ3) is 5.21. The van der Waals surface area contributed by atoms with E-state index >= 15 is 0 Å². The molecule has 0 saturated heterocycles. The first kappa shape index (κ1) is 18.7. The molecular weight excluding hydrogens is 371 g/mol. The highest BCUT2D eigenvalue weighted by atomic mass is 35.5. The summed E-state index contributed by atoms with van der Waals surface area (Å²) in [4.78, 5) is 12.1. The van der Waals surface area contributed by atoms with Crippen molar-refractivity contribution < 1.29 is 13.2 Å². The van der Waals surface area contributed by atoms with Crippen LogP contribution < -0.4 is 10.5 Å². The van der Waals surface area contributed by atoms with Crippen LogP contribution >= 0.6 is 23.2 Å². The molecule has 8 heteroatoms. The van der Waals surface area contributed by atoms with Crippen molar-refractivity contribution in [1.82, 2.24) is 5.32 Å². The van der Waals surface area contributed by atoms with Crippen molar-refractivity contribution in [3.63, 3.8) is 0 Å². The lowest BCUT2D eigenvalue weighted by Crippen LogP contribution is -2.24. The summed E-state index contributed by atoms with van der Waals surface area (Å²) in [7, 11) is -3.67. The number of hydrogen-bond acceptors (Lipinski definition) is 3. The molecule has 3 N–H and O–H groups in total. The molecule has 5 nitrogen and oxygen atoms in total. The first-order valence-corrected chi connectivity index (χ1v) is 9.42. The number of primary sulfonamides is 1. The quantitative estimate of drug-likeness (QED) is 0.747. The molecule has 0 fully saturated rings. The van der Waals surface area contributed by atoms with E-state index in [2.05, 4.69) is 5.32 Å². The molecule has 128 valence electrons. The highest BCUT2D eigenvalue weighted by Crippen LogP contribution is 2.22. The molecule has 0 bridgehead atoms. The van der Waals surface area contributed by atoms with Gasteiger partial charge in [0.1, 0.15) is 0 Å². The van der Waals surface area contributed by atoms with Crippen LogP contribution in [0.25, 0.3) is 0 Å². The van der Waals surface area contributed by atoms with E-state index in [4.69, 9.17) is 28.3 Å². The summed E-state index contributed by atoms with van der Waals surface area (Å²) in [5, 5.41) is 8.57. The van der Waals surface area contributed by atoms with Gasteiger partial charge in [-0.15, -0.1) is 0 Å². The Kier molecular flexibility index (Phi) is 6.23. The van der Waals surface area contributed by atoms with E-state index in [0.29, 0.717) is 35.0 Å². The molecule has 2 aromatic rings. The standard InChI is InChI=1S/C16H16Cl2N2O3S/c17-14-8-5-12(10-15(14)18)16(21)20-9-1-2-11-3-6-13(7-4-11)24(19,22)23/h3-8,10H,1-2,9H2,(H,20,21)(H2,19,22,23). The lowest BCUT2D eigenvalue weighted by Gasteiger charge is -2.07. The fourth-order valence-electron chi connectivity index (χ4n) is 2.08. The zero-order chi connectivity index (χ0) is 17.7. The molecule has 0 aromatic heterocycles. The van der Waals surface area contributed by atoms with Gasteiger partial charge >= 0.3 is 0 Å². The maximum atomic E-state index is 12.0. The molecule has 0 spiro atoms. The Bertz CT molecular complexity index is 837. The van der Waals surface area contributed by atoms with Crippen molar-refractivity contribution in [3.8, 4) is 0 Å². The molecule has 2 rings (SSSR count). The van der Waals surface area contributed by atoms with Gasteiger partial charge in [0.15, 0.2) is 0 Å². The Hall–Kier alpha value is -1.60. The Balaban J connectivity index is 1.82. The number of halogens is 2. The smallest absolute Gasteiger partial charge is 0.251 e. The second-order valence-electron chi connectivity index (χ2n) is 5.18. The molecule has 0 heterocycles. The van der Waals surface area contributed by atoms with Gasteiger partial charge in [-0.3, -0.25) is 4.79 Å². The largest absolute Gasteiger partial charge is 0.352 e. The summed E-state index contributed by atoms with van der Waals surface area (Å²) in [5.74, 6) is -0.224. The summed E-state index contributed by atoms with van der Waals surface area (Å²) >= 11 is 11.7. The summed E-state index contributed by atoms with van der Waals surface area (Å²) in [5.41, 5.74) is 1.41. The van der Waals surface area contributed by atoms with Crippen LogP contribution in [0.1, 0.15) is 22.3 Å². The molecule has 2 aromatic carbocycles. The first-order chi connectivity index (χ1) is 11.3. The molecule has 24 heavy (non-hydrogen) atoms. The monoisotopic (exact) mass is 386 g/mol. The van der Waals surface area contributed by atoms with Crippen LogP contribution in [0.3, 0.4) is 0 Å². The van der Waals surface area contributed by atoms with Gasteiger partial charge < -0.3 is 5.32 Å². The Labute approximate surface area is 150 Å². The molecular formula is C16H16Cl2N2O3S. The van der Waals surface area contributed by atoms with E-state index < -0.39 is 10.0 Å². The van der Waals surface area contributed by atoms with Gasteiger partial charge in [-0.2, -0.15) is 0 Å². The average molecular weight is 387 g/mol. The molecule has 0 aliphatic heterocycles. The Morgan fingerprint density at radius 1 is 1.04 bits per heavy atom. The number of nitrogens with two attached hydrogens (primary N) is 1. The minimum Gasteiger partial charge on any atom is -0.352 e. The van der Waals surface area contributed by atoms with Crippen LogP contribution in [0.15, 0.2) is 47.4 Å². The molecule has 0 aliphatic rings. The van der Waals surface area contributed by atoms with Crippen LogP contribution in [0.5, 0.6) is 0 Å². The predicted octanol–water partition coefficient (Wildman–Crippen LogP) is 3.00. The van der Waals surface area contributed by atoms with Crippen molar-refractivity contribution in [2.24, 2.45) is 5.14 Å². The minimum absolute atomic E-state index is 0.0826. The maximum absolute atomic E-state index is 12.0. The summed E-state index contributed by atoms with van der Waals surface area (Å²) in [6.07, 6.45) is 1.41. The number of carbonyl (C=O) groups excluding carboxylic acids is 1. The van der Waals surface area contributed by atoms with Gasteiger partial charge in [-0.25, -0.2) is 13.6 Å². The topological polar surface area (TPSA) is 89.3 Å². The molecule has 0 saturated carbocycles. The van der Waals surface area contributed by atoms with E-state index in [0.717, 1.165) is 5.56 Å². The SMILES string of the molecule is NS(=O)(=O)c1ccc(CCCNC(=O)c2ccc(Cl)c(Cl)c2)cc1. The predicted molar refractivity (Wildman–Crippen MR) is 94.9 cm³/mol. The summed E-state index contributed by atoms with van der Waals surface area (Å²) < 4.78 is 22.3. The number of carbonyl (C=O) groups is 1. The number of sulfonamides is 1. The van der Waals surface area contributed by atoms with E-state index in [-0.39, 0.29) is 10.8 Å². The number of amides is 1. The van der Waals surface area contributed by atoms with Crippen molar-refractivity contribution >= 4 is 39.1 Å². The maximum Gasteiger partial charge on any atom is 0.251 e. The van der Waals surface area contributed by atoms with Gasteiger partial charge in [-0.1, -0.05) is 35.3 Å². The van der Waals surface area contributed by atoms with Crippen LogP contribution in [-0.2, 0) is 16.4 Å². The van der Waals surface area contributed by atoms with Crippen molar-refractivity contribution in [1.29, 1.82) is 0 Å². The number of hydrogen-bond donors (Lipinski definition) is 2. The zero-order valence-electron chi connectivity index (χ0n) is 12.6. The molecule has 0 atom stereocenters. The van der Waals surface area contributed by atoms with E-state index in [9.17, 15) is 13.2 Å². The molecule has 0 radical (unpaired) electrons. The highest BCUT2D eigenvalue weighted by molar-refractivity contribution is 7.89. The highest BCUT2D eigenvalue weighted by Gasteiger charge is 2.08. The molecule has 1 amide bonds. The van der Waals surface area contributed by atoms with Gasteiger partial charge in [0.2, 0.25) is 10.0 Å². The first-order valence-electron chi connectivity index (χ1n) is 7.12. The van der Waals surface area contributed by atoms with E-state index in [1.807, 2.05) is 0 Å². The lowest BCUT2D eigenvalue weighted by atomic mass is 10.1. The van der Waals surface area contributed by atoms with Crippen molar-refractivity contribution in [3.05, 3.63) is 63.6 Å². The van der Waals surface area contributed by atoms with E-state index in [1.165, 1.54) is 18.2 Å². The summed E-state index contributed by atoms with van der Waals surface area (Å²) in [6.45, 7) is 0.482. The van der Waals surface area contributed by atoms with Gasteiger partial charge in [0.25, 0.3) is 5.91 Å². The third-order valence-electron chi connectivity index (χ3n) is 3.36. The average Bonchev–Trinajstić information content (AvgIpc) is 2.53. The van der Waals surface area contributed by atoms with Crippen LogP contribution in [0.4, 0.5) is 0 Å². The third-order valence-corrected chi connectivity index (χ3v) is 5.03. The van der Waals surface area contributed by atoms with Crippen molar-refractivity contribution in [2.75, 3.05) is 6.54 Å². The zero-order valence-corrected chi connectivity index (χ0v) is 15.0. The summed E-state index contributed by atoms with van der Waals surface area (Å²) in [6, 6.07) is 11.1. The number of aryl methyl sites for hydroxylation is 1. The van der Waals surface area contributed by atoms with Crippen LogP contribution in [0.2, 0.25) is 10.0 Å². The van der Waals surface area contributed by atoms with Gasteiger partial charge in [-0.05, 0) is 48.7 Å². The number of nitrogens with one attached hydrogen (secondary N) is 1. The van der Waals surface area contributed by atoms with Crippen LogP contribution in [-0.4, -0.2) is 20.9 Å². The van der Waals surface area contributed by atoms with Crippen LogP contribution in [0, 0.1) is 0 Å². The number of benzene rings is 2. The van der Waals surface area contributed by atoms with Crippen molar-refractivity contribution in [2.45, 2.75) is 17.7 Å². The second kappa shape index (κ2) is 7.98. The Morgan fingerprint density at radius 3 is 2.29 bits per heavy atom.